The quantitative estimate of drug-likeness (QED) is 0.705. The van der Waals surface area contributed by atoms with Crippen molar-refractivity contribution in [2.24, 2.45) is 0 Å². The minimum absolute atomic E-state index is 0. The molecule has 4 nitrogen and oxygen atoms in total. The molecule has 28 heavy (non-hydrogen) atoms. The molecule has 150 valence electrons. The molecule has 2 aromatic rings. The molecule has 0 saturated heterocycles. The van der Waals surface area contributed by atoms with E-state index in [-0.39, 0.29) is 22.8 Å². The predicted molar refractivity (Wildman–Crippen MR) is 104 cm³/mol. The highest BCUT2D eigenvalue weighted by atomic mass is 79.9. The van der Waals surface area contributed by atoms with E-state index in [1.54, 1.807) is 12.1 Å². The molecule has 1 atom stereocenters. The fraction of sp³-hybridized carbons (Fsp3) is 0.409. The molecular weight excluding hydrogens is 423 g/mol. The first-order valence-electron chi connectivity index (χ1n) is 9.74. The van der Waals surface area contributed by atoms with Crippen molar-refractivity contribution in [3.8, 4) is 5.75 Å². The number of hydrogen-bond acceptors (Lipinski definition) is 3. The van der Waals surface area contributed by atoms with E-state index in [1.807, 2.05) is 36.1 Å². The molecule has 0 fully saturated rings. The van der Waals surface area contributed by atoms with E-state index in [9.17, 15) is 9.50 Å². The van der Waals surface area contributed by atoms with Gasteiger partial charge in [-0.25, -0.2) is 4.39 Å². The van der Waals surface area contributed by atoms with Gasteiger partial charge in [0.2, 0.25) is 0 Å². The second-order valence-electron chi connectivity index (χ2n) is 7.23. The summed E-state index contributed by atoms with van der Waals surface area (Å²) in [6, 6.07) is 14.0. The molecule has 1 unspecified atom stereocenters. The third-order valence-electron chi connectivity index (χ3n) is 5.45. The molecule has 2 aliphatic heterocycles. The van der Waals surface area contributed by atoms with Gasteiger partial charge in [-0.05, 0) is 74.7 Å². The number of amidine groups is 1. The molecular formula is C22H26BrFN2O2. The summed E-state index contributed by atoms with van der Waals surface area (Å²) in [5.74, 6) is 1.66. The van der Waals surface area contributed by atoms with Crippen molar-refractivity contribution in [1.82, 2.24) is 0 Å². The summed E-state index contributed by atoms with van der Waals surface area (Å²) in [6.07, 6.45) is 4.36. The highest BCUT2D eigenvalue weighted by Gasteiger charge is 2.54. The minimum Gasteiger partial charge on any atom is -1.00 e. The molecule has 4 rings (SSSR count). The van der Waals surface area contributed by atoms with Crippen LogP contribution in [-0.2, 0) is 5.72 Å². The van der Waals surface area contributed by atoms with Crippen LogP contribution in [0.4, 0.5) is 10.1 Å². The van der Waals surface area contributed by atoms with E-state index in [0.717, 1.165) is 43.1 Å². The zero-order valence-corrected chi connectivity index (χ0v) is 17.7. The molecule has 0 amide bonds. The topological polar surface area (TPSA) is 35.7 Å². The van der Waals surface area contributed by atoms with Crippen LogP contribution in [0.25, 0.3) is 0 Å². The van der Waals surface area contributed by atoms with Crippen LogP contribution in [0.3, 0.4) is 0 Å². The first kappa shape index (κ1) is 20.8. The normalized spacial score (nSPS) is 21.8. The number of ether oxygens (including phenoxy) is 1. The molecule has 2 aromatic carbocycles. The van der Waals surface area contributed by atoms with Crippen LogP contribution in [0.1, 0.15) is 38.2 Å². The average molecular weight is 449 g/mol. The van der Waals surface area contributed by atoms with Crippen molar-refractivity contribution < 1.29 is 35.8 Å². The van der Waals surface area contributed by atoms with E-state index < -0.39 is 5.72 Å². The Bertz CT molecular complexity index is 839. The first-order valence-corrected chi connectivity index (χ1v) is 9.74. The van der Waals surface area contributed by atoms with Crippen LogP contribution >= 0.6 is 0 Å². The monoisotopic (exact) mass is 448 g/mol. The maximum atomic E-state index is 13.5. The average Bonchev–Trinajstić information content (AvgIpc) is 2.80. The van der Waals surface area contributed by atoms with E-state index in [1.165, 1.54) is 18.6 Å². The van der Waals surface area contributed by atoms with Crippen LogP contribution in [0.15, 0.2) is 48.5 Å². The van der Waals surface area contributed by atoms with Gasteiger partial charge in [-0.1, -0.05) is 0 Å². The number of benzene rings is 2. The van der Waals surface area contributed by atoms with Gasteiger partial charge in [0.25, 0.3) is 11.6 Å². The van der Waals surface area contributed by atoms with Crippen molar-refractivity contribution in [2.45, 2.75) is 38.3 Å². The van der Waals surface area contributed by atoms with Gasteiger partial charge in [0, 0.05) is 12.0 Å². The number of aliphatic hydroxyl groups is 1. The number of halogens is 2. The first-order chi connectivity index (χ1) is 13.1. The lowest BCUT2D eigenvalue weighted by Crippen LogP contribution is -3.00. The Balaban J connectivity index is 0.00000225. The van der Waals surface area contributed by atoms with Gasteiger partial charge in [0.15, 0.2) is 6.54 Å². The van der Waals surface area contributed by atoms with Gasteiger partial charge >= 0.3 is 0 Å². The van der Waals surface area contributed by atoms with Crippen molar-refractivity contribution in [2.75, 3.05) is 24.6 Å². The number of nitrogens with zero attached hydrogens (tertiary/aromatic N) is 2. The Morgan fingerprint density at radius 1 is 1.07 bits per heavy atom. The molecule has 1 N–H and O–H groups in total. The Morgan fingerprint density at radius 2 is 1.79 bits per heavy atom. The second-order valence-corrected chi connectivity index (χ2v) is 7.23. The summed E-state index contributed by atoms with van der Waals surface area (Å²) in [6.45, 7) is 4.00. The van der Waals surface area contributed by atoms with E-state index in [4.69, 9.17) is 4.74 Å². The van der Waals surface area contributed by atoms with Crippen LogP contribution < -0.4 is 26.6 Å². The van der Waals surface area contributed by atoms with Crippen LogP contribution in [0.5, 0.6) is 5.75 Å². The Labute approximate surface area is 176 Å². The maximum absolute atomic E-state index is 13.5. The van der Waals surface area contributed by atoms with Crippen LogP contribution in [-0.4, -0.2) is 35.2 Å². The molecule has 0 saturated carbocycles. The fourth-order valence-corrected chi connectivity index (χ4v) is 4.18. The van der Waals surface area contributed by atoms with E-state index in [0.29, 0.717) is 18.7 Å². The zero-order chi connectivity index (χ0) is 18.9. The van der Waals surface area contributed by atoms with Gasteiger partial charge in [-0.3, -0.25) is 4.58 Å². The molecule has 2 heterocycles. The van der Waals surface area contributed by atoms with Gasteiger partial charge in [-0.15, -0.1) is 0 Å². The van der Waals surface area contributed by atoms with Crippen molar-refractivity contribution in [1.29, 1.82) is 0 Å². The van der Waals surface area contributed by atoms with Gasteiger partial charge < -0.3 is 26.8 Å². The van der Waals surface area contributed by atoms with Gasteiger partial charge in [0.05, 0.1) is 13.2 Å². The Hall–Kier alpha value is -1.92. The lowest BCUT2D eigenvalue weighted by atomic mass is 10.00. The second kappa shape index (κ2) is 8.62. The lowest BCUT2D eigenvalue weighted by molar-refractivity contribution is -0.534. The molecule has 6 heteroatoms. The summed E-state index contributed by atoms with van der Waals surface area (Å²) in [5, 5.41) is 11.8. The molecule has 0 bridgehead atoms. The third-order valence-corrected chi connectivity index (χ3v) is 5.45. The number of hydrogen-bond donors (Lipinski definition) is 1. The summed E-state index contributed by atoms with van der Waals surface area (Å²) in [4.78, 5) is 2.03. The highest BCUT2D eigenvalue weighted by molar-refractivity contribution is 5.97. The van der Waals surface area contributed by atoms with Crippen molar-refractivity contribution in [3.63, 3.8) is 0 Å². The summed E-state index contributed by atoms with van der Waals surface area (Å²) >= 11 is 0. The summed E-state index contributed by atoms with van der Waals surface area (Å²) in [7, 11) is 0. The largest absolute Gasteiger partial charge is 1.00 e. The Morgan fingerprint density at radius 3 is 2.46 bits per heavy atom. The van der Waals surface area contributed by atoms with Crippen molar-refractivity contribution in [3.05, 3.63) is 59.9 Å². The number of rotatable bonds is 4. The standard InChI is InChI=1S/C22H26FN2O2.BrH/c1-2-27-20-13-11-19(12-14-20)25-21-6-4-3-5-15-24(21)16-22(25,26)17-7-9-18(23)10-8-17;/h7-14,26H,2-6,15-16H2,1H3;1H/q+1;/p-1. The third kappa shape index (κ3) is 3.80. The zero-order valence-electron chi connectivity index (χ0n) is 16.1. The van der Waals surface area contributed by atoms with Crippen LogP contribution in [0, 0.1) is 5.82 Å². The molecule has 0 radical (unpaired) electrons. The van der Waals surface area contributed by atoms with E-state index in [2.05, 4.69) is 4.58 Å². The minimum atomic E-state index is -1.21. The number of anilines is 1. The lowest BCUT2D eigenvalue weighted by Gasteiger charge is -2.29. The molecule has 0 spiro atoms. The van der Waals surface area contributed by atoms with Crippen LogP contribution in [0.2, 0.25) is 0 Å². The van der Waals surface area contributed by atoms with E-state index >= 15 is 0 Å². The Kier molecular flexibility index (Phi) is 6.40. The smallest absolute Gasteiger partial charge is 0.275 e. The molecule has 0 aliphatic carbocycles. The van der Waals surface area contributed by atoms with Gasteiger partial charge in [0.1, 0.15) is 17.3 Å². The fourth-order valence-electron chi connectivity index (χ4n) is 4.18. The summed E-state index contributed by atoms with van der Waals surface area (Å²) in [5.41, 5.74) is 0.413. The SMILES string of the molecule is CCOc1ccc(N2C3=[N+](CCCCC3)CC2(O)c2ccc(F)cc2)cc1.[Br-]. The predicted octanol–water partition coefficient (Wildman–Crippen LogP) is 0.879. The molecule has 2 aliphatic rings. The highest BCUT2D eigenvalue weighted by Crippen LogP contribution is 2.38. The van der Waals surface area contributed by atoms with Gasteiger partial charge in [-0.2, -0.15) is 4.90 Å². The summed E-state index contributed by atoms with van der Waals surface area (Å²) < 4.78 is 21.3. The maximum Gasteiger partial charge on any atom is 0.275 e. The molecule has 0 aromatic heterocycles. The van der Waals surface area contributed by atoms with Crippen molar-refractivity contribution >= 4 is 11.5 Å².